The molecule has 108 valence electrons. The highest BCUT2D eigenvalue weighted by Gasteiger charge is 2.22. The molecule has 0 bridgehead atoms. The molecule has 0 saturated carbocycles. The van der Waals surface area contributed by atoms with E-state index in [4.69, 9.17) is 5.73 Å². The van der Waals surface area contributed by atoms with Crippen molar-refractivity contribution in [2.75, 3.05) is 0 Å². The standard InChI is InChI=1S/C13H15F3N4/c1-3-10(17)12-11(4-2)20(19-18-12)13-8(15)5-7(14)6-9(13)16/h5-6,10H,3-4,17H2,1-2H3. The average Bonchev–Trinajstić information content (AvgIpc) is 2.80. The minimum atomic E-state index is -1.03. The summed E-state index contributed by atoms with van der Waals surface area (Å²) >= 11 is 0. The van der Waals surface area contributed by atoms with E-state index in [1.807, 2.05) is 6.92 Å². The number of aromatic nitrogens is 3. The van der Waals surface area contributed by atoms with Crippen LogP contribution in [0.3, 0.4) is 0 Å². The first-order valence-corrected chi connectivity index (χ1v) is 6.34. The third-order valence-electron chi connectivity index (χ3n) is 3.11. The zero-order valence-electron chi connectivity index (χ0n) is 11.2. The largest absolute Gasteiger partial charge is 0.323 e. The molecule has 0 aliphatic carbocycles. The fourth-order valence-electron chi connectivity index (χ4n) is 2.04. The summed E-state index contributed by atoms with van der Waals surface area (Å²) in [5, 5.41) is 7.66. The van der Waals surface area contributed by atoms with E-state index < -0.39 is 23.1 Å². The molecule has 0 fully saturated rings. The molecule has 2 N–H and O–H groups in total. The van der Waals surface area contributed by atoms with E-state index in [9.17, 15) is 13.2 Å². The van der Waals surface area contributed by atoms with Crippen molar-refractivity contribution in [3.63, 3.8) is 0 Å². The second-order valence-electron chi connectivity index (χ2n) is 4.42. The van der Waals surface area contributed by atoms with Crippen molar-refractivity contribution in [2.45, 2.75) is 32.7 Å². The van der Waals surface area contributed by atoms with Gasteiger partial charge in [-0.2, -0.15) is 0 Å². The van der Waals surface area contributed by atoms with Crippen molar-refractivity contribution in [1.29, 1.82) is 0 Å². The van der Waals surface area contributed by atoms with Crippen molar-refractivity contribution in [3.8, 4) is 5.69 Å². The summed E-state index contributed by atoms with van der Waals surface area (Å²) in [5.74, 6) is -3.04. The predicted molar refractivity (Wildman–Crippen MR) is 67.8 cm³/mol. The van der Waals surface area contributed by atoms with Gasteiger partial charge in [-0.1, -0.05) is 19.1 Å². The zero-order valence-corrected chi connectivity index (χ0v) is 11.2. The Balaban J connectivity index is 2.62. The van der Waals surface area contributed by atoms with Crippen LogP contribution in [0.4, 0.5) is 13.2 Å². The normalized spacial score (nSPS) is 12.7. The highest BCUT2D eigenvalue weighted by Crippen LogP contribution is 2.24. The Hall–Kier alpha value is -1.89. The van der Waals surface area contributed by atoms with Crippen molar-refractivity contribution in [2.24, 2.45) is 5.73 Å². The molecular weight excluding hydrogens is 269 g/mol. The van der Waals surface area contributed by atoms with Gasteiger partial charge in [0.05, 0.1) is 11.7 Å². The van der Waals surface area contributed by atoms with Gasteiger partial charge in [0.1, 0.15) is 17.2 Å². The first-order valence-electron chi connectivity index (χ1n) is 6.34. The summed E-state index contributed by atoms with van der Waals surface area (Å²) in [7, 11) is 0. The molecule has 20 heavy (non-hydrogen) atoms. The van der Waals surface area contributed by atoms with Gasteiger partial charge in [0, 0.05) is 12.1 Å². The fourth-order valence-corrected chi connectivity index (χ4v) is 2.04. The minimum Gasteiger partial charge on any atom is -0.323 e. The van der Waals surface area contributed by atoms with Crippen molar-refractivity contribution in [1.82, 2.24) is 15.0 Å². The van der Waals surface area contributed by atoms with Crippen LogP contribution in [0, 0.1) is 17.5 Å². The van der Waals surface area contributed by atoms with Gasteiger partial charge in [-0.05, 0) is 12.8 Å². The Labute approximate surface area is 114 Å². The smallest absolute Gasteiger partial charge is 0.154 e. The van der Waals surface area contributed by atoms with Gasteiger partial charge in [0.2, 0.25) is 0 Å². The van der Waals surface area contributed by atoms with Crippen LogP contribution >= 0.6 is 0 Å². The summed E-state index contributed by atoms with van der Waals surface area (Å²) in [5.41, 5.74) is 6.48. The molecular formula is C13H15F3N4. The van der Waals surface area contributed by atoms with Crippen LogP contribution in [0.15, 0.2) is 12.1 Å². The molecule has 0 aliphatic rings. The Morgan fingerprint density at radius 3 is 2.30 bits per heavy atom. The van der Waals surface area contributed by atoms with Gasteiger partial charge < -0.3 is 5.73 Å². The van der Waals surface area contributed by atoms with Crippen LogP contribution in [0.2, 0.25) is 0 Å². The van der Waals surface area contributed by atoms with Gasteiger partial charge >= 0.3 is 0 Å². The summed E-state index contributed by atoms with van der Waals surface area (Å²) < 4.78 is 41.6. The second kappa shape index (κ2) is 5.62. The van der Waals surface area contributed by atoms with Crippen LogP contribution in [0.25, 0.3) is 5.69 Å². The zero-order chi connectivity index (χ0) is 14.9. The number of halogens is 3. The van der Waals surface area contributed by atoms with E-state index in [2.05, 4.69) is 10.3 Å². The third-order valence-corrected chi connectivity index (χ3v) is 3.11. The van der Waals surface area contributed by atoms with Gasteiger partial charge in [-0.15, -0.1) is 5.10 Å². The molecule has 0 amide bonds. The highest BCUT2D eigenvalue weighted by molar-refractivity contribution is 5.37. The van der Waals surface area contributed by atoms with Crippen molar-refractivity contribution in [3.05, 3.63) is 41.0 Å². The van der Waals surface area contributed by atoms with Crippen molar-refractivity contribution >= 4 is 0 Å². The Morgan fingerprint density at radius 1 is 1.20 bits per heavy atom. The van der Waals surface area contributed by atoms with Gasteiger partial charge in [0.25, 0.3) is 0 Å². The maximum Gasteiger partial charge on any atom is 0.154 e. The van der Waals surface area contributed by atoms with Crippen molar-refractivity contribution < 1.29 is 13.2 Å². The first kappa shape index (κ1) is 14.5. The molecule has 1 unspecified atom stereocenters. The van der Waals surface area contributed by atoms with Crippen LogP contribution in [-0.2, 0) is 6.42 Å². The van der Waals surface area contributed by atoms with E-state index in [0.717, 1.165) is 4.68 Å². The number of benzene rings is 1. The lowest BCUT2D eigenvalue weighted by Crippen LogP contribution is -2.13. The SMILES string of the molecule is CCc1c(C(N)CC)nnn1-c1c(F)cc(F)cc1F. The molecule has 0 spiro atoms. The molecule has 7 heteroatoms. The molecule has 2 aromatic rings. The monoisotopic (exact) mass is 284 g/mol. The van der Waals surface area contributed by atoms with Crippen LogP contribution in [-0.4, -0.2) is 15.0 Å². The van der Waals surface area contributed by atoms with Gasteiger partial charge in [0.15, 0.2) is 11.6 Å². The molecule has 1 heterocycles. The molecule has 1 aromatic heterocycles. The Morgan fingerprint density at radius 2 is 1.80 bits per heavy atom. The van der Waals surface area contributed by atoms with Crippen LogP contribution in [0.5, 0.6) is 0 Å². The molecule has 4 nitrogen and oxygen atoms in total. The van der Waals surface area contributed by atoms with E-state index in [1.165, 1.54) is 0 Å². The molecule has 0 saturated heterocycles. The number of hydrogen-bond donors (Lipinski definition) is 1. The lowest BCUT2D eigenvalue weighted by Gasteiger charge is -2.10. The number of rotatable bonds is 4. The topological polar surface area (TPSA) is 56.7 Å². The number of nitrogens with two attached hydrogens (primary N) is 1. The maximum absolute atomic E-state index is 13.8. The summed E-state index contributed by atoms with van der Waals surface area (Å²) in [4.78, 5) is 0. The van der Waals surface area contributed by atoms with E-state index in [0.29, 0.717) is 36.4 Å². The maximum atomic E-state index is 13.8. The summed E-state index contributed by atoms with van der Waals surface area (Å²) in [6.45, 7) is 3.68. The van der Waals surface area contributed by atoms with E-state index >= 15 is 0 Å². The molecule has 1 aromatic carbocycles. The fraction of sp³-hybridized carbons (Fsp3) is 0.385. The number of hydrogen-bond acceptors (Lipinski definition) is 3. The molecule has 1 atom stereocenters. The Bertz CT molecular complexity index is 601. The average molecular weight is 284 g/mol. The summed E-state index contributed by atoms with van der Waals surface area (Å²) in [6.07, 6.45) is 1.08. The Kier molecular flexibility index (Phi) is 4.08. The van der Waals surface area contributed by atoms with Crippen LogP contribution < -0.4 is 5.73 Å². The number of nitrogens with zero attached hydrogens (tertiary/aromatic N) is 3. The quantitative estimate of drug-likeness (QED) is 0.939. The van der Waals surface area contributed by atoms with Gasteiger partial charge in [-0.3, -0.25) is 0 Å². The summed E-state index contributed by atoms with van der Waals surface area (Å²) in [6, 6.07) is 0.864. The van der Waals surface area contributed by atoms with Gasteiger partial charge in [-0.25, -0.2) is 17.9 Å². The van der Waals surface area contributed by atoms with E-state index in [-0.39, 0.29) is 6.04 Å². The minimum absolute atomic E-state index is 0.356. The molecule has 2 rings (SSSR count). The third kappa shape index (κ3) is 2.40. The second-order valence-corrected chi connectivity index (χ2v) is 4.42. The van der Waals surface area contributed by atoms with Crippen LogP contribution in [0.1, 0.15) is 37.7 Å². The highest BCUT2D eigenvalue weighted by atomic mass is 19.1. The van der Waals surface area contributed by atoms with E-state index in [1.54, 1.807) is 6.92 Å². The molecule has 0 radical (unpaired) electrons. The lowest BCUT2D eigenvalue weighted by molar-refractivity contribution is 0.523. The predicted octanol–water partition coefficient (Wildman–Crippen LogP) is 2.66. The first-order chi connectivity index (χ1) is 9.49. The lowest BCUT2D eigenvalue weighted by atomic mass is 10.1. The molecule has 0 aliphatic heterocycles.